The number of unbranched alkanes of at least 4 members (excludes halogenated alkanes) is 1. The summed E-state index contributed by atoms with van der Waals surface area (Å²) in [6.45, 7) is 0.462. The zero-order valence-electron chi connectivity index (χ0n) is 16.2. The predicted molar refractivity (Wildman–Crippen MR) is 110 cm³/mol. The minimum atomic E-state index is -1.11. The van der Waals surface area contributed by atoms with Crippen molar-refractivity contribution in [3.63, 3.8) is 0 Å². The van der Waals surface area contributed by atoms with Crippen LogP contribution >= 0.6 is 0 Å². The van der Waals surface area contributed by atoms with Crippen LogP contribution in [0.5, 0.6) is 0 Å². The molecule has 2 aromatic carbocycles. The van der Waals surface area contributed by atoms with Gasteiger partial charge in [-0.25, -0.2) is 4.79 Å². The SMILES string of the molecule is NCCCCC(NC(=O)C(Cc1ccccc1)NC(=O)c1ccccc1)C(=O)O. The molecule has 0 radical (unpaired) electrons. The molecule has 2 rings (SSSR count). The number of nitrogens with one attached hydrogen (secondary N) is 2. The average Bonchev–Trinajstić information content (AvgIpc) is 2.73. The molecule has 0 saturated carbocycles. The van der Waals surface area contributed by atoms with Gasteiger partial charge in [-0.15, -0.1) is 0 Å². The summed E-state index contributed by atoms with van der Waals surface area (Å²) in [5.74, 6) is -2.03. The van der Waals surface area contributed by atoms with E-state index in [1.165, 1.54) is 0 Å². The predicted octanol–water partition coefficient (Wildman–Crippen LogP) is 1.73. The first kappa shape index (κ1) is 22.1. The normalized spacial score (nSPS) is 12.6. The number of hydrogen-bond acceptors (Lipinski definition) is 4. The first-order valence-corrected chi connectivity index (χ1v) is 9.64. The molecule has 0 aliphatic heterocycles. The van der Waals surface area contributed by atoms with Crippen LogP contribution in [0.3, 0.4) is 0 Å². The third kappa shape index (κ3) is 7.38. The molecule has 154 valence electrons. The van der Waals surface area contributed by atoms with E-state index in [4.69, 9.17) is 5.73 Å². The molecule has 0 heterocycles. The molecule has 2 unspecified atom stereocenters. The van der Waals surface area contributed by atoms with Crippen LogP contribution in [0.25, 0.3) is 0 Å². The number of hydrogen-bond donors (Lipinski definition) is 4. The molecule has 0 fully saturated rings. The maximum Gasteiger partial charge on any atom is 0.326 e. The third-order valence-corrected chi connectivity index (χ3v) is 4.50. The number of rotatable bonds is 11. The van der Waals surface area contributed by atoms with Gasteiger partial charge in [0.15, 0.2) is 0 Å². The van der Waals surface area contributed by atoms with E-state index in [2.05, 4.69) is 10.6 Å². The summed E-state index contributed by atoms with van der Waals surface area (Å²) in [6, 6.07) is 15.9. The van der Waals surface area contributed by atoms with Gasteiger partial charge in [0, 0.05) is 12.0 Å². The van der Waals surface area contributed by atoms with Gasteiger partial charge in [-0.3, -0.25) is 9.59 Å². The topological polar surface area (TPSA) is 122 Å². The Kier molecular flexibility index (Phi) is 8.85. The second kappa shape index (κ2) is 11.6. The molecule has 0 aromatic heterocycles. The summed E-state index contributed by atoms with van der Waals surface area (Å²) in [6.07, 6.45) is 1.80. The molecule has 2 atom stereocenters. The van der Waals surface area contributed by atoms with Crippen molar-refractivity contribution in [2.24, 2.45) is 5.73 Å². The van der Waals surface area contributed by atoms with Gasteiger partial charge in [-0.2, -0.15) is 0 Å². The Balaban J connectivity index is 2.13. The highest BCUT2D eigenvalue weighted by molar-refractivity contribution is 5.98. The Morgan fingerprint density at radius 3 is 2.07 bits per heavy atom. The number of carboxylic acids is 1. The lowest BCUT2D eigenvalue weighted by atomic mass is 10.0. The standard InChI is InChI=1S/C22H27N3O4/c23-14-8-7-13-18(22(28)29)24-21(27)19(15-16-9-3-1-4-10-16)25-20(26)17-11-5-2-6-12-17/h1-6,9-12,18-19H,7-8,13-15,23H2,(H,24,27)(H,25,26)(H,28,29). The molecule has 0 saturated heterocycles. The Bertz CT molecular complexity index is 796. The van der Waals surface area contributed by atoms with E-state index in [9.17, 15) is 19.5 Å². The fourth-order valence-corrected chi connectivity index (χ4v) is 2.91. The quantitative estimate of drug-likeness (QED) is 0.430. The van der Waals surface area contributed by atoms with Gasteiger partial charge in [0.1, 0.15) is 12.1 Å². The van der Waals surface area contributed by atoms with Crippen molar-refractivity contribution in [1.29, 1.82) is 0 Å². The van der Waals surface area contributed by atoms with Crippen LogP contribution in [-0.2, 0) is 16.0 Å². The minimum Gasteiger partial charge on any atom is -0.480 e. The molecular formula is C22H27N3O4. The number of aliphatic carboxylic acids is 1. The number of nitrogens with two attached hydrogens (primary N) is 1. The van der Waals surface area contributed by atoms with Gasteiger partial charge in [0.2, 0.25) is 5.91 Å². The molecule has 7 nitrogen and oxygen atoms in total. The first-order chi connectivity index (χ1) is 14.0. The lowest BCUT2D eigenvalue weighted by Gasteiger charge is -2.22. The van der Waals surface area contributed by atoms with Crippen LogP contribution in [0.2, 0.25) is 0 Å². The Hall–Kier alpha value is -3.19. The van der Waals surface area contributed by atoms with Crippen molar-refractivity contribution in [1.82, 2.24) is 10.6 Å². The molecular weight excluding hydrogens is 370 g/mol. The number of carbonyl (C=O) groups is 3. The molecule has 0 spiro atoms. The summed E-state index contributed by atoms with van der Waals surface area (Å²) in [4.78, 5) is 36.9. The molecule has 29 heavy (non-hydrogen) atoms. The van der Waals surface area contributed by atoms with Crippen molar-refractivity contribution in [3.05, 3.63) is 71.8 Å². The van der Waals surface area contributed by atoms with Crippen molar-refractivity contribution in [2.75, 3.05) is 6.54 Å². The lowest BCUT2D eigenvalue weighted by molar-refractivity contribution is -0.142. The third-order valence-electron chi connectivity index (χ3n) is 4.50. The van der Waals surface area contributed by atoms with Crippen molar-refractivity contribution in [3.8, 4) is 0 Å². The molecule has 0 aliphatic carbocycles. The second-order valence-corrected chi connectivity index (χ2v) is 6.77. The second-order valence-electron chi connectivity index (χ2n) is 6.77. The van der Waals surface area contributed by atoms with Gasteiger partial charge < -0.3 is 21.5 Å². The highest BCUT2D eigenvalue weighted by Crippen LogP contribution is 2.08. The van der Waals surface area contributed by atoms with E-state index in [-0.39, 0.29) is 12.8 Å². The summed E-state index contributed by atoms with van der Waals surface area (Å²) in [7, 11) is 0. The minimum absolute atomic E-state index is 0.250. The number of carboxylic acid groups (broad SMARTS) is 1. The van der Waals surface area contributed by atoms with Crippen LogP contribution in [0.1, 0.15) is 35.2 Å². The molecule has 7 heteroatoms. The maximum absolute atomic E-state index is 12.8. The molecule has 0 aliphatic rings. The highest BCUT2D eigenvalue weighted by Gasteiger charge is 2.26. The summed E-state index contributed by atoms with van der Waals surface area (Å²) >= 11 is 0. The molecule has 0 bridgehead atoms. The van der Waals surface area contributed by atoms with E-state index >= 15 is 0 Å². The van der Waals surface area contributed by atoms with E-state index in [1.807, 2.05) is 30.3 Å². The van der Waals surface area contributed by atoms with Crippen molar-refractivity contribution in [2.45, 2.75) is 37.8 Å². The zero-order valence-corrected chi connectivity index (χ0v) is 16.2. The van der Waals surface area contributed by atoms with Crippen molar-refractivity contribution < 1.29 is 19.5 Å². The molecule has 2 aromatic rings. The van der Waals surface area contributed by atoms with Gasteiger partial charge in [0.25, 0.3) is 5.91 Å². The van der Waals surface area contributed by atoms with Gasteiger partial charge in [-0.1, -0.05) is 48.5 Å². The van der Waals surface area contributed by atoms with E-state index < -0.39 is 29.9 Å². The highest BCUT2D eigenvalue weighted by atomic mass is 16.4. The van der Waals surface area contributed by atoms with E-state index in [1.54, 1.807) is 30.3 Å². The number of benzene rings is 2. The smallest absolute Gasteiger partial charge is 0.326 e. The molecule has 5 N–H and O–H groups in total. The van der Waals surface area contributed by atoms with Gasteiger partial charge in [-0.05, 0) is 43.5 Å². The summed E-state index contributed by atoms with van der Waals surface area (Å²) in [5, 5.41) is 14.7. The fourth-order valence-electron chi connectivity index (χ4n) is 2.91. The number of amides is 2. The Morgan fingerprint density at radius 1 is 0.862 bits per heavy atom. The lowest BCUT2D eigenvalue weighted by Crippen LogP contribution is -2.52. The van der Waals surface area contributed by atoms with E-state index in [0.29, 0.717) is 24.9 Å². The van der Waals surface area contributed by atoms with Gasteiger partial charge >= 0.3 is 5.97 Å². The van der Waals surface area contributed by atoms with Crippen LogP contribution in [0.4, 0.5) is 0 Å². The van der Waals surface area contributed by atoms with Crippen LogP contribution in [0.15, 0.2) is 60.7 Å². The van der Waals surface area contributed by atoms with Crippen LogP contribution in [0, 0.1) is 0 Å². The summed E-state index contributed by atoms with van der Waals surface area (Å²) < 4.78 is 0. The largest absolute Gasteiger partial charge is 0.480 e. The average molecular weight is 397 g/mol. The molecule has 2 amide bonds. The first-order valence-electron chi connectivity index (χ1n) is 9.64. The Morgan fingerprint density at radius 2 is 1.48 bits per heavy atom. The Labute approximate surface area is 170 Å². The summed E-state index contributed by atoms with van der Waals surface area (Å²) in [5.41, 5.74) is 6.74. The number of carbonyl (C=O) groups excluding carboxylic acids is 2. The maximum atomic E-state index is 12.8. The zero-order chi connectivity index (χ0) is 21.1. The van der Waals surface area contributed by atoms with Crippen molar-refractivity contribution >= 4 is 17.8 Å². The monoisotopic (exact) mass is 397 g/mol. The van der Waals surface area contributed by atoms with E-state index in [0.717, 1.165) is 5.56 Å². The van der Waals surface area contributed by atoms with Crippen LogP contribution in [-0.4, -0.2) is 41.5 Å². The van der Waals surface area contributed by atoms with Gasteiger partial charge in [0.05, 0.1) is 0 Å². The van der Waals surface area contributed by atoms with Crippen LogP contribution < -0.4 is 16.4 Å². The fraction of sp³-hybridized carbons (Fsp3) is 0.318.